The second-order valence-electron chi connectivity index (χ2n) is 5.98. The average Bonchev–Trinajstić information content (AvgIpc) is 2.59. The van der Waals surface area contributed by atoms with Crippen LogP contribution in [0.1, 0.15) is 25.8 Å². The van der Waals surface area contributed by atoms with E-state index in [1.807, 2.05) is 12.1 Å². The standard InChI is InChI=1S/C18H23ClFN3OS/c1-13(2)6-8-25-23-18-9-14(5-7-21-18)11-24-12-22-15-3-4-17(20)16(19)10-15/h3-5,7,9-10,13,22H,6,8,11-12H2,1-2H3,(H,21,23). The molecule has 0 amide bonds. The summed E-state index contributed by atoms with van der Waals surface area (Å²) in [5, 5.41) is 3.13. The summed E-state index contributed by atoms with van der Waals surface area (Å²) >= 11 is 7.40. The summed E-state index contributed by atoms with van der Waals surface area (Å²) in [4.78, 5) is 4.30. The summed E-state index contributed by atoms with van der Waals surface area (Å²) in [5.74, 6) is 2.14. The first-order valence-corrected chi connectivity index (χ1v) is 9.50. The number of anilines is 2. The summed E-state index contributed by atoms with van der Waals surface area (Å²) in [5.41, 5.74) is 1.74. The van der Waals surface area contributed by atoms with Gasteiger partial charge in [-0.15, -0.1) is 0 Å². The van der Waals surface area contributed by atoms with Crippen molar-refractivity contribution >= 4 is 35.1 Å². The molecule has 0 aliphatic rings. The predicted molar refractivity (Wildman–Crippen MR) is 104 cm³/mol. The van der Waals surface area contributed by atoms with E-state index < -0.39 is 5.82 Å². The molecule has 0 saturated heterocycles. The molecule has 136 valence electrons. The molecular formula is C18H23ClFN3OS. The first-order chi connectivity index (χ1) is 12.0. The summed E-state index contributed by atoms with van der Waals surface area (Å²) in [6.07, 6.45) is 2.93. The molecule has 0 fully saturated rings. The molecular weight excluding hydrogens is 361 g/mol. The lowest BCUT2D eigenvalue weighted by molar-refractivity contribution is 0.138. The molecule has 2 rings (SSSR count). The molecule has 1 aromatic carbocycles. The van der Waals surface area contributed by atoms with Crippen LogP contribution in [-0.2, 0) is 11.3 Å². The highest BCUT2D eigenvalue weighted by Crippen LogP contribution is 2.19. The molecule has 2 aromatic rings. The molecule has 0 atom stereocenters. The van der Waals surface area contributed by atoms with Gasteiger partial charge >= 0.3 is 0 Å². The maximum Gasteiger partial charge on any atom is 0.141 e. The third-order valence-corrected chi connectivity index (χ3v) is 4.45. The molecule has 0 aliphatic carbocycles. The van der Waals surface area contributed by atoms with Crippen molar-refractivity contribution in [1.29, 1.82) is 0 Å². The minimum atomic E-state index is -0.434. The fourth-order valence-electron chi connectivity index (χ4n) is 1.95. The number of benzene rings is 1. The lowest BCUT2D eigenvalue weighted by Gasteiger charge is -2.10. The van der Waals surface area contributed by atoms with Gasteiger partial charge in [0.25, 0.3) is 0 Å². The van der Waals surface area contributed by atoms with Crippen LogP contribution in [0.25, 0.3) is 0 Å². The molecule has 0 bridgehead atoms. The summed E-state index contributed by atoms with van der Waals surface area (Å²) in [7, 11) is 0. The number of nitrogens with one attached hydrogen (secondary N) is 2. The maximum absolute atomic E-state index is 13.1. The highest BCUT2D eigenvalue weighted by molar-refractivity contribution is 8.00. The smallest absolute Gasteiger partial charge is 0.141 e. The lowest BCUT2D eigenvalue weighted by atomic mass is 10.2. The number of pyridine rings is 1. The number of nitrogens with zero attached hydrogens (tertiary/aromatic N) is 1. The number of halogens is 2. The van der Waals surface area contributed by atoms with E-state index in [0.717, 1.165) is 17.1 Å². The molecule has 2 N–H and O–H groups in total. The Balaban J connectivity index is 1.71. The van der Waals surface area contributed by atoms with Crippen molar-refractivity contribution in [3.05, 3.63) is 52.9 Å². The number of aromatic nitrogens is 1. The molecule has 0 radical (unpaired) electrons. The van der Waals surface area contributed by atoms with Crippen molar-refractivity contribution in [2.75, 3.05) is 22.5 Å². The summed E-state index contributed by atoms with van der Waals surface area (Å²) in [6.45, 7) is 5.18. The minimum absolute atomic E-state index is 0.0878. The van der Waals surface area contributed by atoms with Crippen molar-refractivity contribution < 1.29 is 9.13 Å². The SMILES string of the molecule is CC(C)CCSNc1cc(COCNc2ccc(F)c(Cl)c2)ccn1. The van der Waals surface area contributed by atoms with E-state index in [0.29, 0.717) is 24.9 Å². The highest BCUT2D eigenvalue weighted by Gasteiger charge is 2.01. The van der Waals surface area contributed by atoms with E-state index in [9.17, 15) is 4.39 Å². The zero-order valence-electron chi connectivity index (χ0n) is 14.4. The molecule has 1 aromatic heterocycles. The molecule has 7 heteroatoms. The number of rotatable bonds is 10. The Bertz CT molecular complexity index is 673. The predicted octanol–water partition coefficient (Wildman–Crippen LogP) is 5.57. The number of hydrogen-bond donors (Lipinski definition) is 2. The first-order valence-electron chi connectivity index (χ1n) is 8.14. The summed E-state index contributed by atoms with van der Waals surface area (Å²) < 4.78 is 21.9. The van der Waals surface area contributed by atoms with Crippen LogP contribution in [0.4, 0.5) is 15.9 Å². The molecule has 1 heterocycles. The van der Waals surface area contributed by atoms with E-state index in [1.54, 1.807) is 24.2 Å². The fourth-order valence-corrected chi connectivity index (χ4v) is 3.08. The van der Waals surface area contributed by atoms with E-state index >= 15 is 0 Å². The van der Waals surface area contributed by atoms with Crippen molar-refractivity contribution in [3.63, 3.8) is 0 Å². The molecule has 0 unspecified atom stereocenters. The Hall–Kier alpha value is -1.50. The molecule has 4 nitrogen and oxygen atoms in total. The third kappa shape index (κ3) is 7.50. The van der Waals surface area contributed by atoms with Crippen LogP contribution in [0, 0.1) is 11.7 Å². The van der Waals surface area contributed by atoms with Gasteiger partial charge in [-0.1, -0.05) is 37.4 Å². The van der Waals surface area contributed by atoms with Gasteiger partial charge in [-0.3, -0.25) is 0 Å². The van der Waals surface area contributed by atoms with Gasteiger partial charge in [0.15, 0.2) is 0 Å². The van der Waals surface area contributed by atoms with Gasteiger partial charge in [0, 0.05) is 17.6 Å². The van der Waals surface area contributed by atoms with Crippen LogP contribution in [0.2, 0.25) is 5.02 Å². The number of hydrogen-bond acceptors (Lipinski definition) is 5. The Morgan fingerprint density at radius 3 is 2.88 bits per heavy atom. The largest absolute Gasteiger partial charge is 0.363 e. The van der Waals surface area contributed by atoms with Gasteiger partial charge in [0.05, 0.1) is 11.6 Å². The Morgan fingerprint density at radius 1 is 1.28 bits per heavy atom. The Kier molecular flexibility index (Phi) is 8.31. The average molecular weight is 384 g/mol. The van der Waals surface area contributed by atoms with E-state index in [-0.39, 0.29) is 5.02 Å². The third-order valence-electron chi connectivity index (χ3n) is 3.37. The van der Waals surface area contributed by atoms with E-state index in [2.05, 4.69) is 28.9 Å². The van der Waals surface area contributed by atoms with Crippen LogP contribution in [0.5, 0.6) is 0 Å². The van der Waals surface area contributed by atoms with Crippen LogP contribution in [0.15, 0.2) is 36.5 Å². The zero-order chi connectivity index (χ0) is 18.1. The lowest BCUT2D eigenvalue weighted by Crippen LogP contribution is -2.06. The van der Waals surface area contributed by atoms with Gasteiger partial charge in [0.1, 0.15) is 18.4 Å². The van der Waals surface area contributed by atoms with Crippen LogP contribution in [-0.4, -0.2) is 17.5 Å². The molecule has 25 heavy (non-hydrogen) atoms. The highest BCUT2D eigenvalue weighted by atomic mass is 35.5. The van der Waals surface area contributed by atoms with Crippen molar-refractivity contribution in [1.82, 2.24) is 4.98 Å². The van der Waals surface area contributed by atoms with E-state index in [4.69, 9.17) is 16.3 Å². The van der Waals surface area contributed by atoms with Crippen molar-refractivity contribution in [3.8, 4) is 0 Å². The summed E-state index contributed by atoms with van der Waals surface area (Å²) in [6, 6.07) is 8.36. The van der Waals surface area contributed by atoms with Crippen molar-refractivity contribution in [2.45, 2.75) is 26.9 Å². The molecule has 0 aliphatic heterocycles. The first kappa shape index (κ1) is 19.8. The fraction of sp³-hybridized carbons (Fsp3) is 0.389. The zero-order valence-corrected chi connectivity index (χ0v) is 16.0. The Labute approximate surface area is 157 Å². The normalized spacial score (nSPS) is 10.9. The molecule has 0 spiro atoms. The van der Waals surface area contributed by atoms with E-state index in [1.165, 1.54) is 18.6 Å². The quantitative estimate of drug-likeness (QED) is 0.319. The second kappa shape index (κ2) is 10.5. The molecule has 0 saturated carbocycles. The van der Waals surface area contributed by atoms with Gasteiger partial charge in [-0.25, -0.2) is 9.37 Å². The van der Waals surface area contributed by atoms with Gasteiger partial charge < -0.3 is 14.8 Å². The van der Waals surface area contributed by atoms with Gasteiger partial charge in [0.2, 0.25) is 0 Å². The van der Waals surface area contributed by atoms with Crippen LogP contribution in [0.3, 0.4) is 0 Å². The topological polar surface area (TPSA) is 46.2 Å². The number of ether oxygens (including phenoxy) is 1. The van der Waals surface area contributed by atoms with Gasteiger partial charge in [-0.2, -0.15) is 0 Å². The van der Waals surface area contributed by atoms with Crippen LogP contribution >= 0.6 is 23.5 Å². The minimum Gasteiger partial charge on any atom is -0.363 e. The Morgan fingerprint density at radius 2 is 2.12 bits per heavy atom. The van der Waals surface area contributed by atoms with Gasteiger partial charge in [-0.05, 0) is 48.2 Å². The maximum atomic E-state index is 13.1. The van der Waals surface area contributed by atoms with Crippen LogP contribution < -0.4 is 10.0 Å². The second-order valence-corrected chi connectivity index (χ2v) is 7.29. The van der Waals surface area contributed by atoms with Crippen molar-refractivity contribution in [2.24, 2.45) is 5.92 Å². The monoisotopic (exact) mass is 383 g/mol.